The van der Waals surface area contributed by atoms with Crippen molar-refractivity contribution in [3.63, 3.8) is 0 Å². The quantitative estimate of drug-likeness (QED) is 0.834. The number of oxime groups is 1. The Labute approximate surface area is 145 Å². The van der Waals surface area contributed by atoms with E-state index in [9.17, 15) is 22.4 Å². The topological polar surface area (TPSA) is 59.9 Å². The maximum Gasteiger partial charge on any atom is 0.573 e. The SMILES string of the molecule is O=C(Nc1ccccc1OC(F)(F)F)[C@@H]1CC(c2cccc(F)c2)=NO1. The Morgan fingerprint density at radius 2 is 1.96 bits per heavy atom. The van der Waals surface area contributed by atoms with Gasteiger partial charge in [-0.2, -0.15) is 0 Å². The zero-order chi connectivity index (χ0) is 18.7. The molecule has 1 aliphatic rings. The van der Waals surface area contributed by atoms with Crippen molar-refractivity contribution in [2.24, 2.45) is 5.16 Å². The molecule has 0 fully saturated rings. The van der Waals surface area contributed by atoms with E-state index >= 15 is 0 Å². The van der Waals surface area contributed by atoms with Crippen LogP contribution in [0.25, 0.3) is 0 Å². The summed E-state index contributed by atoms with van der Waals surface area (Å²) in [6.45, 7) is 0. The molecule has 9 heteroatoms. The van der Waals surface area contributed by atoms with Crippen LogP contribution in [0.15, 0.2) is 53.7 Å². The molecular weight excluding hydrogens is 356 g/mol. The van der Waals surface area contributed by atoms with E-state index in [4.69, 9.17) is 4.84 Å². The summed E-state index contributed by atoms with van der Waals surface area (Å²) in [5.41, 5.74) is 0.670. The lowest BCUT2D eigenvalue weighted by molar-refractivity contribution is -0.274. The fraction of sp³-hybridized carbons (Fsp3) is 0.176. The first-order chi connectivity index (χ1) is 12.3. The minimum absolute atomic E-state index is 0.0532. The standard InChI is InChI=1S/C17H12F4N2O3/c18-11-5-3-4-10(8-11)13-9-15(26-23-13)16(24)22-12-6-1-2-7-14(12)25-17(19,20)21/h1-8,15H,9H2,(H,22,24)/t15-/m0/s1. The van der Waals surface area contributed by atoms with Gasteiger partial charge in [0.05, 0.1) is 11.4 Å². The number of para-hydroxylation sites is 2. The molecule has 0 radical (unpaired) electrons. The van der Waals surface area contributed by atoms with Crippen LogP contribution in [-0.2, 0) is 9.63 Å². The Kier molecular flexibility index (Phi) is 4.79. The van der Waals surface area contributed by atoms with Crippen LogP contribution < -0.4 is 10.1 Å². The van der Waals surface area contributed by atoms with Crippen LogP contribution in [0.2, 0.25) is 0 Å². The van der Waals surface area contributed by atoms with Crippen molar-refractivity contribution in [2.75, 3.05) is 5.32 Å². The number of carbonyl (C=O) groups is 1. The Balaban J connectivity index is 1.67. The lowest BCUT2D eigenvalue weighted by Crippen LogP contribution is -2.28. The molecule has 0 spiro atoms. The number of nitrogens with one attached hydrogen (secondary N) is 1. The van der Waals surface area contributed by atoms with Crippen LogP contribution >= 0.6 is 0 Å². The van der Waals surface area contributed by atoms with Crippen LogP contribution in [0.1, 0.15) is 12.0 Å². The molecule has 3 rings (SSSR count). The zero-order valence-corrected chi connectivity index (χ0v) is 13.1. The van der Waals surface area contributed by atoms with Gasteiger partial charge in [0.2, 0.25) is 6.10 Å². The van der Waals surface area contributed by atoms with Gasteiger partial charge in [-0.1, -0.05) is 29.4 Å². The van der Waals surface area contributed by atoms with Gasteiger partial charge in [0.15, 0.2) is 5.75 Å². The first-order valence-corrected chi connectivity index (χ1v) is 7.46. The highest BCUT2D eigenvalue weighted by molar-refractivity contribution is 6.06. The van der Waals surface area contributed by atoms with Gasteiger partial charge in [0.25, 0.3) is 5.91 Å². The second kappa shape index (κ2) is 7.03. The highest BCUT2D eigenvalue weighted by atomic mass is 19.4. The number of hydrogen-bond donors (Lipinski definition) is 1. The first-order valence-electron chi connectivity index (χ1n) is 7.46. The maximum atomic E-state index is 13.3. The predicted molar refractivity (Wildman–Crippen MR) is 84.2 cm³/mol. The number of benzene rings is 2. The summed E-state index contributed by atoms with van der Waals surface area (Å²) in [7, 11) is 0. The molecule has 136 valence electrons. The lowest BCUT2D eigenvalue weighted by Gasteiger charge is -2.15. The molecule has 2 aromatic carbocycles. The number of hydrogen-bond acceptors (Lipinski definition) is 4. The van der Waals surface area contributed by atoms with Gasteiger partial charge in [0.1, 0.15) is 5.82 Å². The van der Waals surface area contributed by atoms with Crippen molar-refractivity contribution in [1.82, 2.24) is 0 Å². The molecule has 5 nitrogen and oxygen atoms in total. The van der Waals surface area contributed by atoms with E-state index in [1.807, 2.05) is 0 Å². The Bertz CT molecular complexity index is 852. The van der Waals surface area contributed by atoms with Gasteiger partial charge in [-0.05, 0) is 24.3 Å². The molecule has 1 atom stereocenters. The average Bonchev–Trinajstić information content (AvgIpc) is 3.05. The minimum atomic E-state index is -4.89. The van der Waals surface area contributed by atoms with Crippen molar-refractivity contribution >= 4 is 17.3 Å². The van der Waals surface area contributed by atoms with E-state index in [-0.39, 0.29) is 12.1 Å². The molecule has 0 saturated heterocycles. The summed E-state index contributed by atoms with van der Waals surface area (Å²) in [4.78, 5) is 17.3. The zero-order valence-electron chi connectivity index (χ0n) is 13.1. The van der Waals surface area contributed by atoms with Gasteiger partial charge in [0, 0.05) is 12.0 Å². The minimum Gasteiger partial charge on any atom is -0.404 e. The number of amides is 1. The van der Waals surface area contributed by atoms with E-state index < -0.39 is 29.9 Å². The molecule has 0 aromatic heterocycles. The summed E-state index contributed by atoms with van der Waals surface area (Å²) in [5.74, 6) is -1.70. The molecule has 1 amide bonds. The van der Waals surface area contributed by atoms with E-state index in [0.717, 1.165) is 6.07 Å². The summed E-state index contributed by atoms with van der Waals surface area (Å²) in [6.07, 6.45) is -5.89. The summed E-state index contributed by atoms with van der Waals surface area (Å²) in [6, 6.07) is 10.7. The molecule has 1 heterocycles. The van der Waals surface area contributed by atoms with Gasteiger partial charge in [-0.25, -0.2) is 4.39 Å². The third-order valence-electron chi connectivity index (χ3n) is 3.49. The van der Waals surface area contributed by atoms with Gasteiger partial charge >= 0.3 is 6.36 Å². The molecule has 0 unspecified atom stereocenters. The molecule has 2 aromatic rings. The van der Waals surface area contributed by atoms with Gasteiger partial charge < -0.3 is 14.9 Å². The number of halogens is 4. The Morgan fingerprint density at radius 1 is 1.19 bits per heavy atom. The van der Waals surface area contributed by atoms with Gasteiger partial charge in [-0.15, -0.1) is 13.2 Å². The number of anilines is 1. The Morgan fingerprint density at radius 3 is 2.69 bits per heavy atom. The summed E-state index contributed by atoms with van der Waals surface area (Å²) >= 11 is 0. The molecule has 1 aliphatic heterocycles. The first kappa shape index (κ1) is 17.7. The summed E-state index contributed by atoms with van der Waals surface area (Å²) < 4.78 is 54.4. The highest BCUT2D eigenvalue weighted by Crippen LogP contribution is 2.30. The van der Waals surface area contributed by atoms with Gasteiger partial charge in [-0.3, -0.25) is 4.79 Å². The van der Waals surface area contributed by atoms with Crippen LogP contribution in [-0.4, -0.2) is 24.1 Å². The fourth-order valence-corrected chi connectivity index (χ4v) is 2.35. The maximum absolute atomic E-state index is 13.3. The van der Waals surface area contributed by atoms with Crippen LogP contribution in [0.3, 0.4) is 0 Å². The second-order valence-corrected chi connectivity index (χ2v) is 5.38. The number of carbonyl (C=O) groups excluding carboxylic acids is 1. The van der Waals surface area contributed by atoms with Crippen molar-refractivity contribution in [3.05, 3.63) is 59.9 Å². The van der Waals surface area contributed by atoms with E-state index in [1.54, 1.807) is 6.07 Å². The van der Waals surface area contributed by atoms with Crippen LogP contribution in [0.5, 0.6) is 5.75 Å². The number of ether oxygens (including phenoxy) is 1. The monoisotopic (exact) mass is 368 g/mol. The number of rotatable bonds is 4. The lowest BCUT2D eigenvalue weighted by atomic mass is 10.0. The Hall–Kier alpha value is -3.10. The third kappa shape index (κ3) is 4.29. The normalized spacial score (nSPS) is 16.6. The number of alkyl halides is 3. The average molecular weight is 368 g/mol. The number of nitrogens with zero attached hydrogens (tertiary/aromatic N) is 1. The van der Waals surface area contributed by atoms with E-state index in [0.29, 0.717) is 11.3 Å². The summed E-state index contributed by atoms with van der Waals surface area (Å²) in [5, 5.41) is 6.07. The van der Waals surface area contributed by atoms with E-state index in [1.165, 1.54) is 36.4 Å². The van der Waals surface area contributed by atoms with Crippen molar-refractivity contribution < 1.29 is 31.9 Å². The second-order valence-electron chi connectivity index (χ2n) is 5.38. The predicted octanol–water partition coefficient (Wildman–Crippen LogP) is 3.86. The van der Waals surface area contributed by atoms with Crippen LogP contribution in [0.4, 0.5) is 23.2 Å². The molecule has 1 N–H and O–H groups in total. The van der Waals surface area contributed by atoms with Crippen molar-refractivity contribution in [1.29, 1.82) is 0 Å². The highest BCUT2D eigenvalue weighted by Gasteiger charge is 2.33. The fourth-order valence-electron chi connectivity index (χ4n) is 2.35. The molecule has 0 bridgehead atoms. The molecular formula is C17H12F4N2O3. The third-order valence-corrected chi connectivity index (χ3v) is 3.49. The smallest absolute Gasteiger partial charge is 0.404 e. The van der Waals surface area contributed by atoms with Crippen molar-refractivity contribution in [2.45, 2.75) is 18.9 Å². The van der Waals surface area contributed by atoms with E-state index in [2.05, 4.69) is 15.2 Å². The largest absolute Gasteiger partial charge is 0.573 e. The molecule has 0 saturated carbocycles. The molecule has 26 heavy (non-hydrogen) atoms. The van der Waals surface area contributed by atoms with Crippen LogP contribution in [0, 0.1) is 5.82 Å². The van der Waals surface area contributed by atoms with Crippen molar-refractivity contribution in [3.8, 4) is 5.75 Å². The molecule has 0 aliphatic carbocycles.